The van der Waals surface area contributed by atoms with E-state index in [1.165, 1.54) is 6.20 Å². The van der Waals surface area contributed by atoms with Gasteiger partial charge in [-0.05, 0) is 29.8 Å². The molecule has 20 heavy (non-hydrogen) atoms. The molecule has 0 aliphatic carbocycles. The Balaban J connectivity index is 2.03. The molecule has 0 amide bonds. The van der Waals surface area contributed by atoms with E-state index in [0.717, 1.165) is 17.1 Å². The van der Waals surface area contributed by atoms with E-state index >= 15 is 0 Å². The topological polar surface area (TPSA) is 81.0 Å². The molecule has 0 unspecified atom stereocenters. The van der Waals surface area contributed by atoms with Crippen LogP contribution < -0.4 is 5.32 Å². The van der Waals surface area contributed by atoms with E-state index in [2.05, 4.69) is 31.2 Å². The van der Waals surface area contributed by atoms with Crippen LogP contribution in [0.15, 0.2) is 16.0 Å². The maximum Gasteiger partial charge on any atom is 0.291 e. The number of thiazole rings is 1. The van der Waals surface area contributed by atoms with Crippen LogP contribution in [0.5, 0.6) is 0 Å². The summed E-state index contributed by atoms with van der Waals surface area (Å²) < 4.78 is 0.627. The number of halogens is 1. The highest BCUT2D eigenvalue weighted by molar-refractivity contribution is 9.10. The molecule has 0 aliphatic heterocycles. The van der Waals surface area contributed by atoms with Crippen LogP contribution in [0.4, 0.5) is 11.5 Å². The number of anilines is 1. The van der Waals surface area contributed by atoms with Crippen molar-refractivity contribution in [3.63, 3.8) is 0 Å². The number of hydrogen-bond donors (Lipinski definition) is 1. The first kappa shape index (κ1) is 14.9. The largest absolute Gasteiger partial charge is 0.369 e. The number of nitrogens with zero attached hydrogens (tertiary/aromatic N) is 3. The normalized spacial score (nSPS) is 10.6. The van der Waals surface area contributed by atoms with Gasteiger partial charge >= 0.3 is 0 Å². The molecule has 2 heterocycles. The summed E-state index contributed by atoms with van der Waals surface area (Å²) in [5, 5.41) is 17.0. The lowest BCUT2D eigenvalue weighted by atomic mass is 10.2. The van der Waals surface area contributed by atoms with E-state index in [4.69, 9.17) is 0 Å². The fraction of sp³-hybridized carbons (Fsp3) is 0.333. The minimum Gasteiger partial charge on any atom is -0.369 e. The van der Waals surface area contributed by atoms with Crippen molar-refractivity contribution in [1.82, 2.24) is 9.97 Å². The maximum absolute atomic E-state index is 10.8. The quantitative estimate of drug-likeness (QED) is 0.655. The summed E-state index contributed by atoms with van der Waals surface area (Å²) in [6.07, 6.45) is 2.07. The molecule has 106 valence electrons. The van der Waals surface area contributed by atoms with Gasteiger partial charge in [0.05, 0.1) is 14.4 Å². The van der Waals surface area contributed by atoms with Gasteiger partial charge < -0.3 is 5.32 Å². The van der Waals surface area contributed by atoms with Gasteiger partial charge in [0.25, 0.3) is 5.69 Å². The van der Waals surface area contributed by atoms with Gasteiger partial charge in [0.15, 0.2) is 0 Å². The lowest BCUT2D eigenvalue weighted by Crippen LogP contribution is -2.08. The summed E-state index contributed by atoms with van der Waals surface area (Å²) in [5.41, 5.74) is 1.60. The van der Waals surface area contributed by atoms with Gasteiger partial charge in [-0.15, -0.1) is 11.3 Å². The standard InChI is InChI=1S/C12H13BrN4O2S/c1-7-6-20-10(16-7)3-4-14-12-11(13)8(2)9(5-15-12)17(18)19/h5-6H,3-4H2,1-2H3,(H,14,15). The first-order valence-electron chi connectivity index (χ1n) is 5.93. The highest BCUT2D eigenvalue weighted by Gasteiger charge is 2.16. The Hall–Kier alpha value is -1.54. The van der Waals surface area contributed by atoms with E-state index in [1.54, 1.807) is 18.3 Å². The van der Waals surface area contributed by atoms with Crippen molar-refractivity contribution >= 4 is 38.8 Å². The highest BCUT2D eigenvalue weighted by atomic mass is 79.9. The Bertz CT molecular complexity index is 644. The van der Waals surface area contributed by atoms with E-state index in [1.807, 2.05) is 12.3 Å². The molecule has 0 bridgehead atoms. The number of nitrogens with one attached hydrogen (secondary N) is 1. The van der Waals surface area contributed by atoms with Crippen molar-refractivity contribution in [2.24, 2.45) is 0 Å². The summed E-state index contributed by atoms with van der Waals surface area (Å²) in [6, 6.07) is 0. The molecule has 0 aliphatic rings. The van der Waals surface area contributed by atoms with E-state index < -0.39 is 4.92 Å². The third-order valence-corrected chi connectivity index (χ3v) is 4.73. The molecule has 0 saturated heterocycles. The second-order valence-electron chi connectivity index (χ2n) is 4.25. The molecule has 6 nitrogen and oxygen atoms in total. The molecule has 8 heteroatoms. The highest BCUT2D eigenvalue weighted by Crippen LogP contribution is 2.30. The molecule has 0 atom stereocenters. The number of rotatable bonds is 5. The van der Waals surface area contributed by atoms with E-state index in [-0.39, 0.29) is 5.69 Å². The molecule has 1 N–H and O–H groups in total. The van der Waals surface area contributed by atoms with Crippen LogP contribution in [-0.2, 0) is 6.42 Å². The average Bonchev–Trinajstić information content (AvgIpc) is 2.80. The molecule has 2 rings (SSSR count). The second kappa shape index (κ2) is 6.27. The fourth-order valence-electron chi connectivity index (χ4n) is 1.68. The predicted molar refractivity (Wildman–Crippen MR) is 82.4 cm³/mol. The van der Waals surface area contributed by atoms with Crippen molar-refractivity contribution in [2.45, 2.75) is 20.3 Å². The molecule has 2 aromatic heterocycles. The molecule has 0 aromatic carbocycles. The summed E-state index contributed by atoms with van der Waals surface area (Å²) in [4.78, 5) is 18.8. The van der Waals surface area contributed by atoms with Gasteiger partial charge in [0.1, 0.15) is 12.0 Å². The Kier molecular flexibility index (Phi) is 4.66. The van der Waals surface area contributed by atoms with Gasteiger partial charge in [0, 0.05) is 29.6 Å². The zero-order valence-electron chi connectivity index (χ0n) is 11.0. The average molecular weight is 357 g/mol. The lowest BCUT2D eigenvalue weighted by Gasteiger charge is -2.08. The smallest absolute Gasteiger partial charge is 0.291 e. The van der Waals surface area contributed by atoms with Crippen LogP contribution in [0.1, 0.15) is 16.3 Å². The van der Waals surface area contributed by atoms with Gasteiger partial charge in [-0.3, -0.25) is 10.1 Å². The molecular weight excluding hydrogens is 344 g/mol. The van der Waals surface area contributed by atoms with E-state index in [0.29, 0.717) is 22.4 Å². The summed E-state index contributed by atoms with van der Waals surface area (Å²) >= 11 is 4.97. The van der Waals surface area contributed by atoms with Crippen LogP contribution in [-0.4, -0.2) is 21.4 Å². The van der Waals surface area contributed by atoms with Crippen molar-refractivity contribution in [1.29, 1.82) is 0 Å². The zero-order chi connectivity index (χ0) is 14.7. The SMILES string of the molecule is Cc1csc(CCNc2ncc([N+](=O)[O-])c(C)c2Br)n1. The molecular formula is C12H13BrN4O2S. The van der Waals surface area contributed by atoms with E-state index in [9.17, 15) is 10.1 Å². The van der Waals surface area contributed by atoms with Crippen LogP contribution >= 0.6 is 27.3 Å². The van der Waals surface area contributed by atoms with Gasteiger partial charge in [-0.1, -0.05) is 0 Å². The third-order valence-electron chi connectivity index (χ3n) is 2.73. The first-order chi connectivity index (χ1) is 9.49. The molecule has 0 spiro atoms. The minimum atomic E-state index is -0.435. The number of hydrogen-bond acceptors (Lipinski definition) is 6. The zero-order valence-corrected chi connectivity index (χ0v) is 13.4. The van der Waals surface area contributed by atoms with Crippen molar-refractivity contribution < 1.29 is 4.92 Å². The second-order valence-corrected chi connectivity index (χ2v) is 5.98. The van der Waals surface area contributed by atoms with Crippen LogP contribution in [0.2, 0.25) is 0 Å². The first-order valence-corrected chi connectivity index (χ1v) is 7.60. The Morgan fingerprint density at radius 2 is 2.25 bits per heavy atom. The summed E-state index contributed by atoms with van der Waals surface area (Å²) in [5.74, 6) is 0.612. The van der Waals surface area contributed by atoms with Crippen LogP contribution in [0.25, 0.3) is 0 Å². The van der Waals surface area contributed by atoms with Gasteiger partial charge in [-0.2, -0.15) is 0 Å². The maximum atomic E-state index is 10.8. The lowest BCUT2D eigenvalue weighted by molar-refractivity contribution is -0.385. The monoisotopic (exact) mass is 356 g/mol. The predicted octanol–water partition coefficient (Wildman–Crippen LogP) is 3.48. The van der Waals surface area contributed by atoms with Crippen molar-refractivity contribution in [3.05, 3.63) is 42.4 Å². The molecule has 0 radical (unpaired) electrons. The molecule has 0 saturated carbocycles. The van der Waals surface area contributed by atoms with Crippen LogP contribution in [0.3, 0.4) is 0 Å². The number of pyridine rings is 1. The Morgan fingerprint density at radius 3 is 2.85 bits per heavy atom. The number of aryl methyl sites for hydroxylation is 1. The fourth-order valence-corrected chi connectivity index (χ4v) is 2.90. The molecule has 2 aromatic rings. The number of aromatic nitrogens is 2. The van der Waals surface area contributed by atoms with Crippen molar-refractivity contribution in [3.8, 4) is 0 Å². The summed E-state index contributed by atoms with van der Waals surface area (Å²) in [7, 11) is 0. The Morgan fingerprint density at radius 1 is 1.50 bits per heavy atom. The van der Waals surface area contributed by atoms with Gasteiger partial charge in [-0.25, -0.2) is 9.97 Å². The van der Waals surface area contributed by atoms with Crippen LogP contribution in [0, 0.1) is 24.0 Å². The Labute approximate surface area is 128 Å². The number of nitro groups is 1. The molecule has 0 fully saturated rings. The van der Waals surface area contributed by atoms with Gasteiger partial charge in [0.2, 0.25) is 0 Å². The van der Waals surface area contributed by atoms with Crippen molar-refractivity contribution in [2.75, 3.05) is 11.9 Å². The third kappa shape index (κ3) is 3.31. The minimum absolute atomic E-state index is 0.0120. The summed E-state index contributed by atoms with van der Waals surface area (Å²) in [6.45, 7) is 4.33.